The van der Waals surface area contributed by atoms with Crippen molar-refractivity contribution >= 4 is 37.3 Å². The zero-order valence-electron chi connectivity index (χ0n) is 15.7. The summed E-state index contributed by atoms with van der Waals surface area (Å²) in [6.07, 6.45) is 3.59. The van der Waals surface area contributed by atoms with Crippen molar-refractivity contribution in [2.75, 3.05) is 0 Å². The molecule has 8 heteroatoms. The lowest BCUT2D eigenvalue weighted by Crippen LogP contribution is -2.73. The lowest BCUT2D eigenvalue weighted by molar-refractivity contribution is 0.270. The Labute approximate surface area is 170 Å². The van der Waals surface area contributed by atoms with Crippen LogP contribution in [0.3, 0.4) is 0 Å². The lowest BCUT2D eigenvalue weighted by Gasteiger charge is -2.51. The van der Waals surface area contributed by atoms with E-state index >= 15 is 0 Å². The minimum absolute atomic E-state index is 0.612. The molecular weight excluding hydrogens is 361 g/mol. The summed E-state index contributed by atoms with van der Waals surface area (Å²) in [4.78, 5) is 0. The third-order valence-electron chi connectivity index (χ3n) is 5.10. The molecule has 0 N–H and O–H groups in total. The average Bonchev–Trinajstić information content (AvgIpc) is 3.36. The predicted octanol–water partition coefficient (Wildman–Crippen LogP) is 1.43. The minimum atomic E-state index is -2.14. The summed E-state index contributed by atoms with van der Waals surface area (Å²) in [7, 11) is -1.22. The van der Waals surface area contributed by atoms with Crippen LogP contribution in [0.5, 0.6) is 0 Å². The Bertz CT molecular complexity index is 1000. The number of aromatic nitrogens is 2. The number of rotatable bonds is 4. The van der Waals surface area contributed by atoms with E-state index in [9.17, 15) is 0 Å². The molecule has 0 unspecified atom stereocenters. The van der Waals surface area contributed by atoms with Gasteiger partial charge in [-0.15, -0.1) is 5.46 Å². The Morgan fingerprint density at radius 1 is 0.655 bits per heavy atom. The average molecular weight is 379 g/mol. The van der Waals surface area contributed by atoms with Gasteiger partial charge in [0.2, 0.25) is 0 Å². The predicted molar refractivity (Wildman–Crippen MR) is 116 cm³/mol. The Morgan fingerprint density at radius 3 is 1.66 bits per heavy atom. The van der Waals surface area contributed by atoms with Crippen molar-refractivity contribution in [3.8, 4) is 0 Å². The quantitative estimate of drug-likeness (QED) is 0.504. The molecule has 1 fully saturated rings. The monoisotopic (exact) mass is 379 g/mol. The second-order valence-corrected chi connectivity index (χ2v) is 6.96. The molecule has 0 spiro atoms. The largest absolute Gasteiger partial charge is 0.586 e. The molecule has 1 aliphatic rings. The minimum Gasteiger partial charge on any atom is -0.586 e. The van der Waals surface area contributed by atoms with Crippen LogP contribution < -0.4 is 16.4 Å². The fourth-order valence-corrected chi connectivity index (χ4v) is 3.69. The smallest absolute Gasteiger partial charge is 0.437 e. The van der Waals surface area contributed by atoms with Gasteiger partial charge < -0.3 is 18.3 Å². The summed E-state index contributed by atoms with van der Waals surface area (Å²) in [5.74, 6) is 0. The fraction of sp³-hybridized carbons (Fsp3) is 0. The van der Waals surface area contributed by atoms with Crippen LogP contribution in [-0.2, 0) is 13.7 Å². The van der Waals surface area contributed by atoms with Crippen molar-refractivity contribution in [2.45, 2.75) is 0 Å². The summed E-state index contributed by atoms with van der Waals surface area (Å²) < 4.78 is 21.1. The second kappa shape index (κ2) is 7.75. The van der Waals surface area contributed by atoms with Crippen LogP contribution in [0.4, 0.5) is 0 Å². The van der Waals surface area contributed by atoms with Crippen molar-refractivity contribution in [1.29, 1.82) is 0 Å². The fourth-order valence-electron chi connectivity index (χ4n) is 3.69. The highest BCUT2D eigenvalue weighted by atomic mass is 16.7. The molecule has 0 bridgehead atoms. The highest BCUT2D eigenvalue weighted by Gasteiger charge is 2.47. The molecule has 0 amide bonds. The lowest BCUT2D eigenvalue weighted by atomic mass is 9.54. The Hall–Kier alpha value is -3.06. The zero-order valence-corrected chi connectivity index (χ0v) is 15.7. The molecule has 0 radical (unpaired) electrons. The van der Waals surface area contributed by atoms with E-state index in [2.05, 4.69) is 5.10 Å². The standard InChI is InChI=1S/C21H18B3N2O3/c1-4-11-19(12-5-1)22-27-23(20-13-6-2-7-14-20)29-24(28-22,26-18-10-17-25-26)21-15-8-3-9-16-21/h1-18H/q-1. The van der Waals surface area contributed by atoms with Crippen LogP contribution in [0.1, 0.15) is 0 Å². The molecule has 1 saturated heterocycles. The van der Waals surface area contributed by atoms with E-state index < -0.39 is 20.9 Å². The van der Waals surface area contributed by atoms with Crippen molar-refractivity contribution < 1.29 is 13.7 Å². The molecule has 3 aromatic carbocycles. The van der Waals surface area contributed by atoms with Gasteiger partial charge in [0.1, 0.15) is 0 Å². The maximum atomic E-state index is 6.56. The Morgan fingerprint density at radius 2 is 1.17 bits per heavy atom. The molecule has 0 saturated carbocycles. The summed E-state index contributed by atoms with van der Waals surface area (Å²) in [6, 6.07) is 31.6. The van der Waals surface area contributed by atoms with Gasteiger partial charge in [-0.1, -0.05) is 91.0 Å². The normalized spacial score (nSPS) is 16.0. The van der Waals surface area contributed by atoms with Gasteiger partial charge in [-0.2, -0.15) is 0 Å². The Kier molecular flexibility index (Phi) is 4.81. The summed E-state index contributed by atoms with van der Waals surface area (Å²) in [5.41, 5.74) is 2.73. The van der Waals surface area contributed by atoms with Crippen LogP contribution >= 0.6 is 0 Å². The molecule has 29 heavy (non-hydrogen) atoms. The van der Waals surface area contributed by atoms with Crippen LogP contribution in [0.2, 0.25) is 0 Å². The van der Waals surface area contributed by atoms with Crippen molar-refractivity contribution in [3.63, 3.8) is 0 Å². The molecule has 0 atom stereocenters. The van der Waals surface area contributed by atoms with E-state index in [0.29, 0.717) is 0 Å². The van der Waals surface area contributed by atoms with Gasteiger partial charge >= 0.3 is 20.9 Å². The molecule has 1 aliphatic heterocycles. The van der Waals surface area contributed by atoms with E-state index in [-0.39, 0.29) is 0 Å². The van der Waals surface area contributed by atoms with Crippen LogP contribution in [0.15, 0.2) is 109 Å². The topological polar surface area (TPSA) is 45.5 Å². The van der Waals surface area contributed by atoms with E-state index in [4.69, 9.17) is 13.7 Å². The first-order chi connectivity index (χ1) is 14.4. The highest BCUT2D eigenvalue weighted by molar-refractivity contribution is 6.95. The van der Waals surface area contributed by atoms with Crippen molar-refractivity contribution in [3.05, 3.63) is 109 Å². The number of nitrogens with zero attached hydrogens (tertiary/aromatic N) is 2. The van der Waals surface area contributed by atoms with E-state index in [1.807, 2.05) is 103 Å². The molecule has 1 aromatic heterocycles. The molecule has 4 aromatic rings. The van der Waals surface area contributed by atoms with Gasteiger partial charge in [0, 0.05) is 6.20 Å². The number of hydrogen-bond acceptors (Lipinski definition) is 4. The second-order valence-electron chi connectivity index (χ2n) is 6.96. The summed E-state index contributed by atoms with van der Waals surface area (Å²) in [6.45, 7) is -2.14. The van der Waals surface area contributed by atoms with E-state index in [1.54, 1.807) is 10.8 Å². The van der Waals surface area contributed by atoms with Gasteiger partial charge in [0.05, 0.1) is 0 Å². The maximum absolute atomic E-state index is 6.56. The SMILES string of the molecule is c1ccc(B2OB(c3ccccc3)O[B-](c3ccccc3)(n3cccn3)O2)cc1. The third kappa shape index (κ3) is 3.42. The van der Waals surface area contributed by atoms with Gasteiger partial charge in [-0.3, -0.25) is 0 Å². The summed E-state index contributed by atoms with van der Waals surface area (Å²) >= 11 is 0. The number of benzene rings is 3. The molecule has 0 aliphatic carbocycles. The Balaban J connectivity index is 1.66. The van der Waals surface area contributed by atoms with E-state index in [0.717, 1.165) is 16.4 Å². The van der Waals surface area contributed by atoms with Gasteiger partial charge in [-0.25, -0.2) is 5.10 Å². The molecule has 140 valence electrons. The molecule has 2 heterocycles. The van der Waals surface area contributed by atoms with Crippen LogP contribution in [0, 0.1) is 0 Å². The molecule has 5 rings (SSSR count). The third-order valence-corrected chi connectivity index (χ3v) is 5.10. The van der Waals surface area contributed by atoms with Crippen LogP contribution in [0.25, 0.3) is 0 Å². The summed E-state index contributed by atoms with van der Waals surface area (Å²) in [5, 5.41) is 4.48. The van der Waals surface area contributed by atoms with Gasteiger partial charge in [-0.05, 0) is 23.2 Å². The molecular formula is C21H18B3N2O3-. The first-order valence-electron chi connectivity index (χ1n) is 9.65. The van der Waals surface area contributed by atoms with Crippen molar-refractivity contribution in [2.24, 2.45) is 0 Å². The van der Waals surface area contributed by atoms with Crippen LogP contribution in [-0.4, -0.2) is 30.6 Å². The maximum Gasteiger partial charge on any atom is 0.437 e. The zero-order chi connectivity index (χ0) is 19.5. The van der Waals surface area contributed by atoms with E-state index in [1.165, 1.54) is 0 Å². The highest BCUT2D eigenvalue weighted by Crippen LogP contribution is 2.20. The molecule has 5 nitrogen and oxygen atoms in total. The van der Waals surface area contributed by atoms with Crippen molar-refractivity contribution in [1.82, 2.24) is 9.69 Å². The first-order valence-corrected chi connectivity index (χ1v) is 9.65. The van der Waals surface area contributed by atoms with Gasteiger partial charge in [0.25, 0.3) is 0 Å². The van der Waals surface area contributed by atoms with Gasteiger partial charge in [0.15, 0.2) is 0 Å². The first kappa shape index (κ1) is 18.0. The number of hydrogen-bond donors (Lipinski definition) is 0.